The molecule has 2 N–H and O–H groups in total. The second-order valence-electron chi connectivity index (χ2n) is 5.87. The molecule has 1 fully saturated rings. The van der Waals surface area contributed by atoms with Gasteiger partial charge in [-0.15, -0.1) is 0 Å². The van der Waals surface area contributed by atoms with Crippen molar-refractivity contribution in [2.75, 3.05) is 33.3 Å². The van der Waals surface area contributed by atoms with Crippen LogP contribution in [0.4, 0.5) is 0 Å². The number of hydrogen-bond acceptors (Lipinski definition) is 3. The molecule has 1 saturated carbocycles. The molecule has 0 atom stereocenters. The Kier molecular flexibility index (Phi) is 7.20. The van der Waals surface area contributed by atoms with E-state index in [2.05, 4.69) is 24.1 Å². The van der Waals surface area contributed by atoms with Crippen LogP contribution in [0.1, 0.15) is 52.4 Å². The van der Waals surface area contributed by atoms with Crippen molar-refractivity contribution in [1.29, 1.82) is 0 Å². The molecule has 3 nitrogen and oxygen atoms in total. The van der Waals surface area contributed by atoms with Gasteiger partial charge in [-0.25, -0.2) is 0 Å². The zero-order valence-corrected chi connectivity index (χ0v) is 12.5. The molecule has 108 valence electrons. The van der Waals surface area contributed by atoms with Crippen LogP contribution in [0.25, 0.3) is 0 Å². The SMILES string of the molecule is CCC(CC)(CNC)CN(CCO)C1CCCC1. The summed E-state index contributed by atoms with van der Waals surface area (Å²) in [5, 5.41) is 12.7. The van der Waals surface area contributed by atoms with E-state index in [-0.39, 0.29) is 0 Å². The first-order valence-corrected chi connectivity index (χ1v) is 7.71. The maximum Gasteiger partial charge on any atom is 0.0558 e. The number of hydrogen-bond donors (Lipinski definition) is 2. The standard InChI is InChI=1S/C15H32N2O/c1-4-15(5-2,12-16-3)13-17(10-11-18)14-8-6-7-9-14/h14,16,18H,4-13H2,1-3H3. The third kappa shape index (κ3) is 4.22. The molecule has 0 aromatic heterocycles. The van der Waals surface area contributed by atoms with Crippen molar-refractivity contribution in [1.82, 2.24) is 10.2 Å². The summed E-state index contributed by atoms with van der Waals surface area (Å²) in [6.07, 6.45) is 7.79. The van der Waals surface area contributed by atoms with Gasteiger partial charge in [0.25, 0.3) is 0 Å². The highest BCUT2D eigenvalue weighted by molar-refractivity contribution is 4.86. The van der Waals surface area contributed by atoms with Gasteiger partial charge in [-0.1, -0.05) is 26.7 Å². The van der Waals surface area contributed by atoms with Gasteiger partial charge in [0.2, 0.25) is 0 Å². The summed E-state index contributed by atoms with van der Waals surface area (Å²) in [7, 11) is 2.05. The monoisotopic (exact) mass is 256 g/mol. The van der Waals surface area contributed by atoms with Crippen LogP contribution in [0.3, 0.4) is 0 Å². The van der Waals surface area contributed by atoms with Gasteiger partial charge in [-0.2, -0.15) is 0 Å². The van der Waals surface area contributed by atoms with Crippen LogP contribution in [0.2, 0.25) is 0 Å². The highest BCUT2D eigenvalue weighted by Crippen LogP contribution is 2.31. The van der Waals surface area contributed by atoms with Crippen molar-refractivity contribution >= 4 is 0 Å². The topological polar surface area (TPSA) is 35.5 Å². The molecular formula is C15H32N2O. The number of aliphatic hydroxyl groups is 1. The van der Waals surface area contributed by atoms with Gasteiger partial charge in [-0.3, -0.25) is 4.90 Å². The average Bonchev–Trinajstić information content (AvgIpc) is 2.91. The first kappa shape index (κ1) is 15.9. The molecule has 0 bridgehead atoms. The summed E-state index contributed by atoms with van der Waals surface area (Å²) in [6.45, 7) is 7.94. The molecule has 0 unspecified atom stereocenters. The quantitative estimate of drug-likeness (QED) is 0.664. The van der Waals surface area contributed by atoms with Crippen molar-refractivity contribution in [3.05, 3.63) is 0 Å². The Balaban J connectivity index is 2.65. The molecule has 0 aromatic carbocycles. The summed E-state index contributed by atoms with van der Waals surface area (Å²) in [4.78, 5) is 2.55. The number of nitrogens with zero attached hydrogens (tertiary/aromatic N) is 1. The molecule has 1 rings (SSSR count). The average molecular weight is 256 g/mol. The Morgan fingerprint density at radius 1 is 1.22 bits per heavy atom. The van der Waals surface area contributed by atoms with E-state index in [1.54, 1.807) is 0 Å². The molecule has 0 aliphatic heterocycles. The smallest absolute Gasteiger partial charge is 0.0558 e. The Hall–Kier alpha value is -0.120. The van der Waals surface area contributed by atoms with Gasteiger partial charge >= 0.3 is 0 Å². The predicted octanol–water partition coefficient (Wildman–Crippen LogP) is 2.25. The number of rotatable bonds is 9. The Labute approximate surface area is 113 Å². The van der Waals surface area contributed by atoms with Crippen molar-refractivity contribution in [2.45, 2.75) is 58.4 Å². The summed E-state index contributed by atoms with van der Waals surface area (Å²) >= 11 is 0. The zero-order valence-electron chi connectivity index (χ0n) is 12.5. The van der Waals surface area contributed by atoms with Crippen LogP contribution >= 0.6 is 0 Å². The summed E-state index contributed by atoms with van der Waals surface area (Å²) < 4.78 is 0. The first-order valence-electron chi connectivity index (χ1n) is 7.71. The molecule has 1 aliphatic carbocycles. The molecular weight excluding hydrogens is 224 g/mol. The lowest BCUT2D eigenvalue weighted by molar-refractivity contribution is 0.0822. The van der Waals surface area contributed by atoms with E-state index in [0.717, 1.165) is 19.6 Å². The van der Waals surface area contributed by atoms with Crippen LogP contribution in [-0.4, -0.2) is 49.3 Å². The zero-order chi connectivity index (χ0) is 13.4. The first-order chi connectivity index (χ1) is 8.71. The summed E-state index contributed by atoms with van der Waals surface area (Å²) in [6, 6.07) is 0.714. The molecule has 0 radical (unpaired) electrons. The Morgan fingerprint density at radius 3 is 2.28 bits per heavy atom. The molecule has 1 aliphatic rings. The van der Waals surface area contributed by atoms with E-state index in [1.807, 2.05) is 7.05 Å². The lowest BCUT2D eigenvalue weighted by Crippen LogP contribution is -2.47. The van der Waals surface area contributed by atoms with Crippen LogP contribution in [0.15, 0.2) is 0 Å². The van der Waals surface area contributed by atoms with Crippen molar-refractivity contribution in [2.24, 2.45) is 5.41 Å². The lowest BCUT2D eigenvalue weighted by Gasteiger charge is -2.40. The van der Waals surface area contributed by atoms with Gasteiger partial charge in [0, 0.05) is 25.7 Å². The van der Waals surface area contributed by atoms with Crippen molar-refractivity contribution in [3.8, 4) is 0 Å². The van der Waals surface area contributed by atoms with Crippen molar-refractivity contribution < 1.29 is 5.11 Å². The Bertz CT molecular complexity index is 211. The fourth-order valence-electron chi connectivity index (χ4n) is 3.37. The minimum absolute atomic E-state index is 0.291. The summed E-state index contributed by atoms with van der Waals surface area (Å²) in [5.74, 6) is 0. The van der Waals surface area contributed by atoms with Crippen LogP contribution in [0.5, 0.6) is 0 Å². The molecule has 0 saturated heterocycles. The maximum absolute atomic E-state index is 9.31. The van der Waals surface area contributed by atoms with E-state index in [0.29, 0.717) is 18.1 Å². The molecule has 0 aromatic rings. The fraction of sp³-hybridized carbons (Fsp3) is 1.00. The normalized spacial score (nSPS) is 17.8. The van der Waals surface area contributed by atoms with Gasteiger partial charge in [0.1, 0.15) is 0 Å². The van der Waals surface area contributed by atoms with E-state index in [9.17, 15) is 5.11 Å². The highest BCUT2D eigenvalue weighted by atomic mass is 16.3. The van der Waals surface area contributed by atoms with E-state index in [1.165, 1.54) is 38.5 Å². The van der Waals surface area contributed by atoms with Crippen LogP contribution in [-0.2, 0) is 0 Å². The van der Waals surface area contributed by atoms with E-state index >= 15 is 0 Å². The number of aliphatic hydroxyl groups excluding tert-OH is 1. The molecule has 0 amide bonds. The van der Waals surface area contributed by atoms with E-state index in [4.69, 9.17) is 0 Å². The van der Waals surface area contributed by atoms with Gasteiger partial charge in [0.15, 0.2) is 0 Å². The fourth-order valence-corrected chi connectivity index (χ4v) is 3.37. The van der Waals surface area contributed by atoms with Crippen LogP contribution in [0, 0.1) is 5.41 Å². The minimum atomic E-state index is 0.291. The predicted molar refractivity (Wildman–Crippen MR) is 77.9 cm³/mol. The Morgan fingerprint density at radius 2 is 1.83 bits per heavy atom. The van der Waals surface area contributed by atoms with E-state index < -0.39 is 0 Å². The third-order valence-electron chi connectivity index (χ3n) is 4.82. The molecule has 0 spiro atoms. The van der Waals surface area contributed by atoms with Crippen molar-refractivity contribution in [3.63, 3.8) is 0 Å². The second-order valence-corrected chi connectivity index (χ2v) is 5.87. The second kappa shape index (κ2) is 8.13. The van der Waals surface area contributed by atoms with Gasteiger partial charge in [-0.05, 0) is 38.1 Å². The highest BCUT2D eigenvalue weighted by Gasteiger charge is 2.31. The lowest BCUT2D eigenvalue weighted by atomic mass is 9.81. The minimum Gasteiger partial charge on any atom is -0.395 e. The van der Waals surface area contributed by atoms with Gasteiger partial charge < -0.3 is 10.4 Å². The largest absolute Gasteiger partial charge is 0.395 e. The maximum atomic E-state index is 9.31. The summed E-state index contributed by atoms with van der Waals surface area (Å²) in [5.41, 5.74) is 0.368. The third-order valence-corrected chi connectivity index (χ3v) is 4.82. The number of nitrogens with one attached hydrogen (secondary N) is 1. The van der Waals surface area contributed by atoms with Gasteiger partial charge in [0.05, 0.1) is 6.61 Å². The molecule has 0 heterocycles. The molecule has 3 heteroatoms. The van der Waals surface area contributed by atoms with Crippen LogP contribution < -0.4 is 5.32 Å². The molecule has 18 heavy (non-hydrogen) atoms.